The largest absolute Gasteiger partial charge is 0.376 e. The molecule has 0 amide bonds. The van der Waals surface area contributed by atoms with Gasteiger partial charge < -0.3 is 5.32 Å². The molecule has 0 bridgehead atoms. The predicted molar refractivity (Wildman–Crippen MR) is 68.3 cm³/mol. The minimum atomic E-state index is -1.20. The van der Waals surface area contributed by atoms with Gasteiger partial charge in [-0.3, -0.25) is 14.8 Å². The van der Waals surface area contributed by atoms with Crippen molar-refractivity contribution in [2.24, 2.45) is 7.05 Å². The Morgan fingerprint density at radius 1 is 1.40 bits per heavy atom. The molecule has 0 fully saturated rings. The molecule has 0 spiro atoms. The van der Waals surface area contributed by atoms with Crippen molar-refractivity contribution in [3.63, 3.8) is 0 Å². The highest BCUT2D eigenvalue weighted by atomic mass is 19.1. The zero-order valence-electron chi connectivity index (χ0n) is 10.8. The van der Waals surface area contributed by atoms with Gasteiger partial charge in [0.05, 0.1) is 22.8 Å². The highest BCUT2D eigenvalue weighted by Crippen LogP contribution is 2.27. The highest BCUT2D eigenvalue weighted by molar-refractivity contribution is 5.54. The number of aromatic nitrogens is 2. The normalized spacial score (nSPS) is 12.2. The lowest BCUT2D eigenvalue weighted by Crippen LogP contribution is -2.08. The van der Waals surface area contributed by atoms with Crippen LogP contribution in [0.25, 0.3) is 0 Å². The molecular weight excluding hydrogens is 270 g/mol. The lowest BCUT2D eigenvalue weighted by Gasteiger charge is -2.14. The average molecular weight is 282 g/mol. The topological polar surface area (TPSA) is 73.0 Å². The molecule has 2 aromatic rings. The number of nitrogens with zero attached hydrogens (tertiary/aromatic N) is 3. The summed E-state index contributed by atoms with van der Waals surface area (Å²) >= 11 is 0. The molecule has 1 aromatic heterocycles. The van der Waals surface area contributed by atoms with E-state index < -0.39 is 22.2 Å². The molecule has 1 atom stereocenters. The van der Waals surface area contributed by atoms with Crippen molar-refractivity contribution in [2.45, 2.75) is 13.0 Å². The smallest absolute Gasteiger partial charge is 0.307 e. The summed E-state index contributed by atoms with van der Waals surface area (Å²) in [6.07, 6.45) is 3.32. The van der Waals surface area contributed by atoms with E-state index in [2.05, 4.69) is 10.4 Å². The molecule has 1 unspecified atom stereocenters. The molecule has 0 radical (unpaired) electrons. The summed E-state index contributed by atoms with van der Waals surface area (Å²) in [4.78, 5) is 9.75. The van der Waals surface area contributed by atoms with Crippen LogP contribution in [0, 0.1) is 21.7 Å². The Balaban J connectivity index is 2.29. The van der Waals surface area contributed by atoms with E-state index in [1.807, 2.05) is 0 Å². The van der Waals surface area contributed by atoms with Crippen LogP contribution >= 0.6 is 0 Å². The molecule has 106 valence electrons. The first-order chi connectivity index (χ1) is 9.38. The summed E-state index contributed by atoms with van der Waals surface area (Å²) in [6, 6.07) is 1.01. The average Bonchev–Trinajstić information content (AvgIpc) is 2.79. The zero-order chi connectivity index (χ0) is 14.9. The van der Waals surface area contributed by atoms with Crippen LogP contribution in [0.1, 0.15) is 18.5 Å². The van der Waals surface area contributed by atoms with Crippen molar-refractivity contribution >= 4 is 11.4 Å². The van der Waals surface area contributed by atoms with Gasteiger partial charge in [0.1, 0.15) is 5.82 Å². The van der Waals surface area contributed by atoms with Gasteiger partial charge in [0.25, 0.3) is 0 Å². The van der Waals surface area contributed by atoms with Crippen molar-refractivity contribution < 1.29 is 13.7 Å². The number of nitro benzene ring substituents is 1. The van der Waals surface area contributed by atoms with E-state index in [9.17, 15) is 18.9 Å². The van der Waals surface area contributed by atoms with Crippen LogP contribution in [-0.4, -0.2) is 14.7 Å². The van der Waals surface area contributed by atoms with Gasteiger partial charge in [0, 0.05) is 30.9 Å². The molecule has 0 saturated heterocycles. The fourth-order valence-electron chi connectivity index (χ4n) is 1.77. The monoisotopic (exact) mass is 282 g/mol. The van der Waals surface area contributed by atoms with E-state index in [0.29, 0.717) is 6.07 Å². The maximum atomic E-state index is 13.6. The maximum absolute atomic E-state index is 13.6. The first kappa shape index (κ1) is 13.9. The second-order valence-corrected chi connectivity index (χ2v) is 4.35. The summed E-state index contributed by atoms with van der Waals surface area (Å²) in [6.45, 7) is 1.74. The summed E-state index contributed by atoms with van der Waals surface area (Å²) in [5.74, 6) is -2.09. The third-order valence-electron chi connectivity index (χ3n) is 2.83. The van der Waals surface area contributed by atoms with Crippen molar-refractivity contribution in [3.8, 4) is 0 Å². The first-order valence-electron chi connectivity index (χ1n) is 5.77. The van der Waals surface area contributed by atoms with E-state index in [0.717, 1.165) is 11.6 Å². The number of aryl methyl sites for hydroxylation is 1. The fraction of sp³-hybridized carbons (Fsp3) is 0.250. The van der Waals surface area contributed by atoms with Crippen LogP contribution in [0.4, 0.5) is 20.2 Å². The van der Waals surface area contributed by atoms with Gasteiger partial charge >= 0.3 is 5.69 Å². The Kier molecular flexibility index (Phi) is 3.64. The molecule has 8 heteroatoms. The van der Waals surface area contributed by atoms with E-state index in [1.165, 1.54) is 0 Å². The Morgan fingerprint density at radius 3 is 2.65 bits per heavy atom. The van der Waals surface area contributed by atoms with Crippen molar-refractivity contribution in [2.75, 3.05) is 5.32 Å². The lowest BCUT2D eigenvalue weighted by atomic mass is 10.1. The molecule has 2 rings (SSSR count). The summed E-state index contributed by atoms with van der Waals surface area (Å²) in [5, 5.41) is 17.4. The minimum absolute atomic E-state index is 0.130. The van der Waals surface area contributed by atoms with Crippen molar-refractivity contribution in [1.29, 1.82) is 0 Å². The molecule has 1 aromatic carbocycles. The molecule has 0 saturated carbocycles. The number of hydrogen-bond donors (Lipinski definition) is 1. The van der Waals surface area contributed by atoms with Crippen molar-refractivity contribution in [1.82, 2.24) is 9.78 Å². The highest BCUT2D eigenvalue weighted by Gasteiger charge is 2.20. The number of nitro groups is 1. The predicted octanol–water partition coefficient (Wildman–Crippen LogP) is 2.78. The van der Waals surface area contributed by atoms with Gasteiger partial charge in [-0.15, -0.1) is 0 Å². The van der Waals surface area contributed by atoms with Crippen LogP contribution < -0.4 is 5.32 Å². The minimum Gasteiger partial charge on any atom is -0.376 e. The van der Waals surface area contributed by atoms with Crippen LogP contribution in [0.3, 0.4) is 0 Å². The number of anilines is 1. The second-order valence-electron chi connectivity index (χ2n) is 4.35. The standard InChI is InChI=1S/C12H12F2N4O2/c1-7(8-5-15-17(2)6-8)16-11-4-12(18(19)20)10(14)3-9(11)13/h3-7,16H,1-2H3. The molecule has 0 aliphatic rings. The zero-order valence-corrected chi connectivity index (χ0v) is 10.8. The van der Waals surface area contributed by atoms with Gasteiger partial charge in [-0.1, -0.05) is 0 Å². The Hall–Kier alpha value is -2.51. The van der Waals surface area contributed by atoms with Crippen LogP contribution in [0.5, 0.6) is 0 Å². The summed E-state index contributed by atoms with van der Waals surface area (Å²) < 4.78 is 28.4. The van der Waals surface area contributed by atoms with E-state index >= 15 is 0 Å². The summed E-state index contributed by atoms with van der Waals surface area (Å²) in [7, 11) is 1.74. The quantitative estimate of drug-likeness (QED) is 0.691. The molecule has 6 nitrogen and oxygen atoms in total. The Bertz CT molecular complexity index is 657. The van der Waals surface area contributed by atoms with Gasteiger partial charge in [0.15, 0.2) is 0 Å². The number of halogens is 2. The van der Waals surface area contributed by atoms with Gasteiger partial charge in [-0.2, -0.15) is 9.49 Å². The molecule has 1 N–H and O–H groups in total. The number of benzene rings is 1. The SMILES string of the molecule is CC(Nc1cc([N+](=O)[O-])c(F)cc1F)c1cnn(C)c1. The molecule has 0 aliphatic heterocycles. The number of nitrogens with one attached hydrogen (secondary N) is 1. The Labute approximate surface area is 113 Å². The molecular formula is C12H12F2N4O2. The van der Waals surface area contributed by atoms with Gasteiger partial charge in [-0.05, 0) is 6.92 Å². The molecule has 20 heavy (non-hydrogen) atoms. The van der Waals surface area contributed by atoms with Crippen molar-refractivity contribution in [3.05, 3.63) is 51.8 Å². The third kappa shape index (κ3) is 2.73. The van der Waals surface area contributed by atoms with Gasteiger partial charge in [0.2, 0.25) is 5.82 Å². The number of rotatable bonds is 4. The van der Waals surface area contributed by atoms with E-state index in [4.69, 9.17) is 0 Å². The first-order valence-corrected chi connectivity index (χ1v) is 5.77. The molecule has 1 heterocycles. The van der Waals surface area contributed by atoms with E-state index in [-0.39, 0.29) is 11.7 Å². The Morgan fingerprint density at radius 2 is 2.10 bits per heavy atom. The van der Waals surface area contributed by atoms with Crippen LogP contribution in [0.2, 0.25) is 0 Å². The number of hydrogen-bond acceptors (Lipinski definition) is 4. The summed E-state index contributed by atoms with van der Waals surface area (Å²) in [5.41, 5.74) is -0.124. The van der Waals surface area contributed by atoms with Gasteiger partial charge in [-0.25, -0.2) is 4.39 Å². The lowest BCUT2D eigenvalue weighted by molar-refractivity contribution is -0.387. The third-order valence-corrected chi connectivity index (χ3v) is 2.83. The fourth-order valence-corrected chi connectivity index (χ4v) is 1.77. The molecule has 0 aliphatic carbocycles. The maximum Gasteiger partial charge on any atom is 0.307 e. The second kappa shape index (κ2) is 5.24. The van der Waals surface area contributed by atoms with Crippen LogP contribution in [0.15, 0.2) is 24.5 Å². The van der Waals surface area contributed by atoms with E-state index in [1.54, 1.807) is 31.0 Å². The van der Waals surface area contributed by atoms with Crippen LogP contribution in [-0.2, 0) is 7.05 Å².